The number of unbranched alkanes of at least 4 members (excludes halogenated alkanes) is 1. The highest BCUT2D eigenvalue weighted by Gasteiger charge is 2.11. The van der Waals surface area contributed by atoms with E-state index in [1.165, 1.54) is 11.8 Å². The van der Waals surface area contributed by atoms with E-state index in [1.54, 1.807) is 23.9 Å². The SMILES string of the molecule is CNC(CCCC#N)N=CC(C=N)=Cc1nc(/C=C/C2=CC=CCC2)n(C)c1O. The van der Waals surface area contributed by atoms with Crippen LogP contribution in [-0.2, 0) is 7.05 Å². The zero-order valence-electron chi connectivity index (χ0n) is 17.0. The summed E-state index contributed by atoms with van der Waals surface area (Å²) in [5.74, 6) is 0.671. The van der Waals surface area contributed by atoms with Crippen molar-refractivity contribution in [1.29, 1.82) is 10.7 Å². The molecule has 1 aromatic rings. The predicted molar refractivity (Wildman–Crippen MR) is 118 cm³/mol. The van der Waals surface area contributed by atoms with Crippen LogP contribution in [0, 0.1) is 16.7 Å². The lowest BCUT2D eigenvalue weighted by molar-refractivity contribution is 0.430. The van der Waals surface area contributed by atoms with E-state index in [0.29, 0.717) is 23.5 Å². The summed E-state index contributed by atoms with van der Waals surface area (Å²) in [5.41, 5.74) is 2.13. The van der Waals surface area contributed by atoms with Gasteiger partial charge in [-0.15, -0.1) is 0 Å². The predicted octanol–water partition coefficient (Wildman–Crippen LogP) is 3.76. The van der Waals surface area contributed by atoms with Crippen molar-refractivity contribution in [3.63, 3.8) is 0 Å². The molecule has 152 valence electrons. The zero-order valence-corrected chi connectivity index (χ0v) is 17.0. The maximum atomic E-state index is 10.4. The van der Waals surface area contributed by atoms with Crippen LogP contribution in [0.3, 0.4) is 0 Å². The molecule has 3 N–H and O–H groups in total. The summed E-state index contributed by atoms with van der Waals surface area (Å²) in [6, 6.07) is 2.12. The van der Waals surface area contributed by atoms with Gasteiger partial charge in [0.2, 0.25) is 5.88 Å². The Morgan fingerprint density at radius 3 is 3.00 bits per heavy atom. The third-order valence-electron chi connectivity index (χ3n) is 4.59. The van der Waals surface area contributed by atoms with E-state index in [4.69, 9.17) is 10.7 Å². The van der Waals surface area contributed by atoms with Crippen LogP contribution in [-0.4, -0.2) is 40.3 Å². The van der Waals surface area contributed by atoms with Gasteiger partial charge in [0.05, 0.1) is 12.2 Å². The molecule has 29 heavy (non-hydrogen) atoms. The molecule has 0 aliphatic heterocycles. The van der Waals surface area contributed by atoms with Crippen molar-refractivity contribution in [2.24, 2.45) is 12.0 Å². The summed E-state index contributed by atoms with van der Waals surface area (Å²) in [4.78, 5) is 8.91. The fourth-order valence-corrected chi connectivity index (χ4v) is 2.83. The summed E-state index contributed by atoms with van der Waals surface area (Å²) in [6.07, 6.45) is 18.4. The van der Waals surface area contributed by atoms with Gasteiger partial charge in [-0.05, 0) is 50.5 Å². The highest BCUT2D eigenvalue weighted by molar-refractivity contribution is 6.07. The van der Waals surface area contributed by atoms with Crippen LogP contribution in [0.25, 0.3) is 12.2 Å². The minimum Gasteiger partial charge on any atom is -0.493 e. The van der Waals surface area contributed by atoms with Gasteiger partial charge in [0.25, 0.3) is 0 Å². The molecule has 1 aliphatic rings. The first-order valence-electron chi connectivity index (χ1n) is 9.68. The lowest BCUT2D eigenvalue weighted by atomic mass is 10.1. The number of imidazole rings is 1. The smallest absolute Gasteiger partial charge is 0.219 e. The molecule has 1 atom stereocenters. The molecule has 2 rings (SSSR count). The average Bonchev–Trinajstić information content (AvgIpc) is 3.02. The van der Waals surface area contributed by atoms with E-state index in [9.17, 15) is 5.11 Å². The third-order valence-corrected chi connectivity index (χ3v) is 4.59. The second-order valence-corrected chi connectivity index (χ2v) is 6.70. The Hall–Kier alpha value is -3.24. The van der Waals surface area contributed by atoms with Crippen LogP contribution in [0.2, 0.25) is 0 Å². The molecule has 1 unspecified atom stereocenters. The van der Waals surface area contributed by atoms with Crippen molar-refractivity contribution in [3.05, 3.63) is 47.0 Å². The van der Waals surface area contributed by atoms with E-state index < -0.39 is 0 Å². The maximum Gasteiger partial charge on any atom is 0.219 e. The molecule has 0 aromatic carbocycles. The Labute approximate surface area is 172 Å². The molecule has 7 heteroatoms. The van der Waals surface area contributed by atoms with Crippen molar-refractivity contribution in [2.45, 2.75) is 38.3 Å². The molecule has 1 heterocycles. The molecular formula is C22H28N6O. The molecule has 0 amide bonds. The van der Waals surface area contributed by atoms with Crippen molar-refractivity contribution in [3.8, 4) is 11.9 Å². The number of nitriles is 1. The van der Waals surface area contributed by atoms with Crippen LogP contribution in [0.1, 0.15) is 43.6 Å². The van der Waals surface area contributed by atoms with Gasteiger partial charge in [-0.2, -0.15) is 5.26 Å². The summed E-state index contributed by atoms with van der Waals surface area (Å²) >= 11 is 0. The standard InChI is InChI=1S/C22H28N6O/c1-25-20(10-6-7-13-23)26-16-18(15-24)14-19-22(29)28(2)21(27-19)12-11-17-8-4-3-5-9-17/h3-4,8,11-12,14-16,20,24-25,29H,5-7,9-10H2,1-2H3/b12-11+,18-14?,24-15?,26-16?. The number of aromatic nitrogens is 2. The second-order valence-electron chi connectivity index (χ2n) is 6.70. The number of allylic oxidation sites excluding steroid dienone is 6. The van der Waals surface area contributed by atoms with Crippen LogP contribution in [0.5, 0.6) is 5.88 Å². The number of aromatic hydroxyl groups is 1. The van der Waals surface area contributed by atoms with Crippen molar-refractivity contribution < 1.29 is 5.11 Å². The summed E-state index contributed by atoms with van der Waals surface area (Å²) in [6.45, 7) is 0. The van der Waals surface area contributed by atoms with E-state index >= 15 is 0 Å². The average molecular weight is 393 g/mol. The molecule has 1 aromatic heterocycles. The fourth-order valence-electron chi connectivity index (χ4n) is 2.83. The van der Waals surface area contributed by atoms with Gasteiger partial charge >= 0.3 is 0 Å². The van der Waals surface area contributed by atoms with Crippen molar-refractivity contribution in [2.75, 3.05) is 7.05 Å². The molecule has 0 fully saturated rings. The molecule has 0 spiro atoms. The van der Waals surface area contributed by atoms with Crippen molar-refractivity contribution in [1.82, 2.24) is 14.9 Å². The Bertz CT molecular complexity index is 895. The van der Waals surface area contributed by atoms with Crippen molar-refractivity contribution >= 4 is 24.6 Å². The van der Waals surface area contributed by atoms with Gasteiger partial charge < -0.3 is 10.5 Å². The van der Waals surface area contributed by atoms with Gasteiger partial charge in [-0.25, -0.2) is 4.98 Å². The highest BCUT2D eigenvalue weighted by Crippen LogP contribution is 2.22. The minimum absolute atomic E-state index is 0.0362. The zero-order chi connectivity index (χ0) is 21.1. The van der Waals surface area contributed by atoms with Gasteiger partial charge in [-0.1, -0.05) is 24.3 Å². The first kappa shape index (κ1) is 22.1. The lowest BCUT2D eigenvalue weighted by Gasteiger charge is -2.09. The Morgan fingerprint density at radius 2 is 2.34 bits per heavy atom. The molecule has 0 radical (unpaired) electrons. The topological polar surface area (TPSA) is 110 Å². The molecular weight excluding hydrogens is 364 g/mol. The van der Waals surface area contributed by atoms with Crippen LogP contribution < -0.4 is 5.32 Å². The van der Waals surface area contributed by atoms with E-state index in [-0.39, 0.29) is 12.0 Å². The fraction of sp³-hybridized carbons (Fsp3) is 0.364. The third kappa shape index (κ3) is 6.70. The summed E-state index contributed by atoms with van der Waals surface area (Å²) in [5, 5.41) is 29.8. The number of hydrogen-bond acceptors (Lipinski definition) is 6. The van der Waals surface area contributed by atoms with Crippen LogP contribution in [0.15, 0.2) is 40.4 Å². The quantitative estimate of drug-likeness (QED) is 0.416. The number of rotatable bonds is 10. The van der Waals surface area contributed by atoms with E-state index in [0.717, 1.165) is 25.7 Å². The maximum absolute atomic E-state index is 10.4. The number of aliphatic imine (C=N–C) groups is 1. The van der Waals surface area contributed by atoms with E-state index in [2.05, 4.69) is 33.5 Å². The monoisotopic (exact) mass is 392 g/mol. The molecule has 1 aliphatic carbocycles. The number of nitrogens with one attached hydrogen (secondary N) is 2. The van der Waals surface area contributed by atoms with E-state index in [1.807, 2.05) is 25.3 Å². The number of nitrogens with zero attached hydrogens (tertiary/aromatic N) is 4. The largest absolute Gasteiger partial charge is 0.493 e. The Kier molecular flexibility index (Phi) is 8.80. The lowest BCUT2D eigenvalue weighted by Crippen LogP contribution is -2.22. The Morgan fingerprint density at radius 1 is 1.52 bits per heavy atom. The normalized spacial score (nSPS) is 15.6. The molecule has 0 bridgehead atoms. The summed E-state index contributed by atoms with van der Waals surface area (Å²) in [7, 11) is 3.56. The second kappa shape index (κ2) is 11.6. The van der Waals surface area contributed by atoms with Crippen LogP contribution >= 0.6 is 0 Å². The number of hydrogen-bond donors (Lipinski definition) is 3. The first-order chi connectivity index (χ1) is 14.1. The van der Waals surface area contributed by atoms with Gasteiger partial charge in [0, 0.05) is 31.5 Å². The molecule has 0 saturated heterocycles. The molecule has 0 saturated carbocycles. The minimum atomic E-state index is -0.125. The van der Waals surface area contributed by atoms with Gasteiger partial charge in [0.1, 0.15) is 11.5 Å². The first-order valence-corrected chi connectivity index (χ1v) is 9.68. The summed E-state index contributed by atoms with van der Waals surface area (Å²) < 4.78 is 1.61. The highest BCUT2D eigenvalue weighted by atomic mass is 16.3. The van der Waals surface area contributed by atoms with Gasteiger partial charge in [-0.3, -0.25) is 14.9 Å². The van der Waals surface area contributed by atoms with Gasteiger partial charge in [0.15, 0.2) is 0 Å². The Balaban J connectivity index is 2.16. The van der Waals surface area contributed by atoms with Crippen LogP contribution in [0.4, 0.5) is 0 Å². The molecule has 7 nitrogen and oxygen atoms in total.